The number of piperazine rings is 1. The first-order chi connectivity index (χ1) is 8.20. The van der Waals surface area contributed by atoms with Gasteiger partial charge in [0.25, 0.3) is 0 Å². The van der Waals surface area contributed by atoms with Gasteiger partial charge in [-0.2, -0.15) is 0 Å². The summed E-state index contributed by atoms with van der Waals surface area (Å²) in [5.41, 5.74) is 1.25. The average molecular weight is 299 g/mol. The molecule has 0 saturated carbocycles. The Balaban J connectivity index is 2.11. The molecule has 1 fully saturated rings. The summed E-state index contributed by atoms with van der Waals surface area (Å²) in [6.45, 7) is 6.46. The lowest BCUT2D eigenvalue weighted by atomic mass is 10.1. The zero-order valence-corrected chi connectivity index (χ0v) is 12.0. The van der Waals surface area contributed by atoms with Crippen molar-refractivity contribution in [2.75, 3.05) is 26.7 Å². The number of methoxy groups -OCH3 is 1. The fourth-order valence-electron chi connectivity index (χ4n) is 2.19. The molecular formula is C13H19BrN2O. The first-order valence-electron chi connectivity index (χ1n) is 5.98. The van der Waals surface area contributed by atoms with Crippen LogP contribution < -0.4 is 10.1 Å². The smallest absolute Gasteiger partial charge is 0.124 e. The van der Waals surface area contributed by atoms with Crippen molar-refractivity contribution >= 4 is 15.9 Å². The molecule has 1 heterocycles. The third-order valence-corrected chi connectivity index (χ3v) is 3.75. The summed E-state index contributed by atoms with van der Waals surface area (Å²) < 4.78 is 6.49. The quantitative estimate of drug-likeness (QED) is 0.926. The van der Waals surface area contributed by atoms with Crippen LogP contribution >= 0.6 is 15.9 Å². The maximum absolute atomic E-state index is 5.43. The van der Waals surface area contributed by atoms with Crippen LogP contribution in [-0.2, 0) is 6.54 Å². The molecule has 3 nitrogen and oxygen atoms in total. The van der Waals surface area contributed by atoms with Gasteiger partial charge in [0.05, 0.1) is 7.11 Å². The molecule has 0 amide bonds. The largest absolute Gasteiger partial charge is 0.496 e. The van der Waals surface area contributed by atoms with Gasteiger partial charge in [-0.05, 0) is 19.1 Å². The molecule has 1 aromatic rings. The molecule has 0 spiro atoms. The summed E-state index contributed by atoms with van der Waals surface area (Å²) in [7, 11) is 1.73. The van der Waals surface area contributed by atoms with Gasteiger partial charge in [0, 0.05) is 42.3 Å². The van der Waals surface area contributed by atoms with Gasteiger partial charge in [-0.3, -0.25) is 4.90 Å². The van der Waals surface area contributed by atoms with E-state index in [1.807, 2.05) is 6.07 Å². The Labute approximate surface area is 111 Å². The Morgan fingerprint density at radius 1 is 1.53 bits per heavy atom. The van der Waals surface area contributed by atoms with E-state index >= 15 is 0 Å². The van der Waals surface area contributed by atoms with E-state index < -0.39 is 0 Å². The van der Waals surface area contributed by atoms with Crippen molar-refractivity contribution in [2.45, 2.75) is 19.5 Å². The van der Waals surface area contributed by atoms with Gasteiger partial charge < -0.3 is 10.1 Å². The van der Waals surface area contributed by atoms with Crippen LogP contribution in [0.4, 0.5) is 0 Å². The van der Waals surface area contributed by atoms with Gasteiger partial charge in [0.15, 0.2) is 0 Å². The highest BCUT2D eigenvalue weighted by molar-refractivity contribution is 9.10. The third-order valence-electron chi connectivity index (χ3n) is 3.26. The van der Waals surface area contributed by atoms with Crippen LogP contribution in [0.15, 0.2) is 22.7 Å². The minimum absolute atomic E-state index is 0.581. The number of hydrogen-bond acceptors (Lipinski definition) is 3. The van der Waals surface area contributed by atoms with E-state index in [1.165, 1.54) is 5.56 Å². The van der Waals surface area contributed by atoms with E-state index in [9.17, 15) is 0 Å². The lowest BCUT2D eigenvalue weighted by molar-refractivity contribution is 0.164. The number of nitrogens with zero attached hydrogens (tertiary/aromatic N) is 1. The van der Waals surface area contributed by atoms with Gasteiger partial charge >= 0.3 is 0 Å². The molecule has 4 heteroatoms. The Hall–Kier alpha value is -0.580. The molecule has 0 radical (unpaired) electrons. The van der Waals surface area contributed by atoms with Gasteiger partial charge in [-0.1, -0.05) is 22.0 Å². The Morgan fingerprint density at radius 2 is 2.35 bits per heavy atom. The van der Waals surface area contributed by atoms with Crippen molar-refractivity contribution in [3.8, 4) is 5.75 Å². The Kier molecular flexibility index (Phi) is 4.42. The number of ether oxygens (including phenoxy) is 1. The van der Waals surface area contributed by atoms with E-state index in [1.54, 1.807) is 7.11 Å². The van der Waals surface area contributed by atoms with Crippen molar-refractivity contribution in [1.82, 2.24) is 10.2 Å². The predicted molar refractivity (Wildman–Crippen MR) is 73.4 cm³/mol. The van der Waals surface area contributed by atoms with Gasteiger partial charge in [0.2, 0.25) is 0 Å². The summed E-state index contributed by atoms with van der Waals surface area (Å²) >= 11 is 3.47. The monoisotopic (exact) mass is 298 g/mol. The molecule has 1 N–H and O–H groups in total. The zero-order valence-electron chi connectivity index (χ0n) is 10.4. The maximum Gasteiger partial charge on any atom is 0.124 e. The van der Waals surface area contributed by atoms with Crippen LogP contribution in [0.5, 0.6) is 5.75 Å². The lowest BCUT2D eigenvalue weighted by Gasteiger charge is -2.34. The van der Waals surface area contributed by atoms with Crippen molar-refractivity contribution in [1.29, 1.82) is 0 Å². The molecule has 17 heavy (non-hydrogen) atoms. The van der Waals surface area contributed by atoms with Gasteiger partial charge in [-0.25, -0.2) is 0 Å². The molecule has 1 saturated heterocycles. The van der Waals surface area contributed by atoms with Crippen molar-refractivity contribution in [3.63, 3.8) is 0 Å². The van der Waals surface area contributed by atoms with Gasteiger partial charge in [0.1, 0.15) is 5.75 Å². The van der Waals surface area contributed by atoms with Crippen LogP contribution in [-0.4, -0.2) is 37.7 Å². The minimum Gasteiger partial charge on any atom is -0.496 e. The Morgan fingerprint density at radius 3 is 3.06 bits per heavy atom. The summed E-state index contributed by atoms with van der Waals surface area (Å²) in [5.74, 6) is 0.963. The fourth-order valence-corrected chi connectivity index (χ4v) is 2.53. The van der Waals surface area contributed by atoms with Crippen molar-refractivity contribution in [2.24, 2.45) is 0 Å². The SMILES string of the molecule is COc1cc(Br)ccc1CN1CCNCC1C. The fraction of sp³-hybridized carbons (Fsp3) is 0.538. The molecule has 94 valence electrons. The minimum atomic E-state index is 0.581. The molecule has 1 aromatic carbocycles. The van der Waals surface area contributed by atoms with Crippen molar-refractivity contribution < 1.29 is 4.74 Å². The predicted octanol–water partition coefficient (Wildman–Crippen LogP) is 2.25. The lowest BCUT2D eigenvalue weighted by Crippen LogP contribution is -2.49. The highest BCUT2D eigenvalue weighted by Crippen LogP contribution is 2.25. The molecule has 0 aromatic heterocycles. The van der Waals surface area contributed by atoms with E-state index in [0.717, 1.165) is 36.4 Å². The molecule has 1 atom stereocenters. The number of benzene rings is 1. The maximum atomic E-state index is 5.43. The second kappa shape index (κ2) is 5.85. The van der Waals surface area contributed by atoms with Crippen LogP contribution in [0, 0.1) is 0 Å². The second-order valence-corrected chi connectivity index (χ2v) is 5.40. The van der Waals surface area contributed by atoms with E-state index in [-0.39, 0.29) is 0 Å². The first kappa shape index (κ1) is 12.9. The third kappa shape index (κ3) is 3.21. The highest BCUT2D eigenvalue weighted by atomic mass is 79.9. The number of halogens is 1. The number of rotatable bonds is 3. The van der Waals surface area contributed by atoms with Crippen molar-refractivity contribution in [3.05, 3.63) is 28.2 Å². The molecule has 1 aliphatic rings. The van der Waals surface area contributed by atoms with Crippen LogP contribution in [0.25, 0.3) is 0 Å². The second-order valence-electron chi connectivity index (χ2n) is 4.48. The summed E-state index contributed by atoms with van der Waals surface area (Å²) in [5, 5.41) is 3.41. The standard InChI is InChI=1S/C13H19BrN2O/c1-10-8-15-5-6-16(10)9-11-3-4-12(14)7-13(11)17-2/h3-4,7,10,15H,5-6,8-9H2,1-2H3. The van der Waals surface area contributed by atoms with E-state index in [0.29, 0.717) is 6.04 Å². The average Bonchev–Trinajstić information content (AvgIpc) is 2.34. The van der Waals surface area contributed by atoms with E-state index in [2.05, 4.69) is 45.2 Å². The molecule has 1 aliphatic heterocycles. The van der Waals surface area contributed by atoms with Crippen LogP contribution in [0.1, 0.15) is 12.5 Å². The summed E-state index contributed by atoms with van der Waals surface area (Å²) in [6.07, 6.45) is 0. The zero-order chi connectivity index (χ0) is 12.3. The summed E-state index contributed by atoms with van der Waals surface area (Å²) in [4.78, 5) is 2.49. The number of hydrogen-bond donors (Lipinski definition) is 1. The van der Waals surface area contributed by atoms with Crippen LogP contribution in [0.3, 0.4) is 0 Å². The van der Waals surface area contributed by atoms with E-state index in [4.69, 9.17) is 4.74 Å². The summed E-state index contributed by atoms with van der Waals surface area (Å²) in [6, 6.07) is 6.82. The molecule has 0 aliphatic carbocycles. The molecule has 2 rings (SSSR count). The Bertz CT molecular complexity index is 384. The molecule has 0 bridgehead atoms. The molecular weight excluding hydrogens is 280 g/mol. The number of nitrogens with one attached hydrogen (secondary N) is 1. The van der Waals surface area contributed by atoms with Gasteiger partial charge in [-0.15, -0.1) is 0 Å². The topological polar surface area (TPSA) is 24.5 Å². The normalized spacial score (nSPS) is 21.5. The van der Waals surface area contributed by atoms with Crippen LogP contribution in [0.2, 0.25) is 0 Å². The molecule has 1 unspecified atom stereocenters. The highest BCUT2D eigenvalue weighted by Gasteiger charge is 2.19. The first-order valence-corrected chi connectivity index (χ1v) is 6.77.